The summed E-state index contributed by atoms with van der Waals surface area (Å²) in [5.41, 5.74) is 9.40. The Balaban J connectivity index is 1.61. The highest BCUT2D eigenvalue weighted by Crippen LogP contribution is 2.57. The summed E-state index contributed by atoms with van der Waals surface area (Å²) in [5, 5.41) is 2.54. The van der Waals surface area contributed by atoms with Crippen LogP contribution in [0.25, 0.3) is 0 Å². The van der Waals surface area contributed by atoms with Gasteiger partial charge in [-0.1, -0.05) is 19.1 Å². The fourth-order valence-electron chi connectivity index (χ4n) is 3.51. The highest BCUT2D eigenvalue weighted by atomic mass is 16.5. The van der Waals surface area contributed by atoms with Crippen molar-refractivity contribution in [3.63, 3.8) is 0 Å². The summed E-state index contributed by atoms with van der Waals surface area (Å²) in [6.45, 7) is 4.51. The first-order chi connectivity index (χ1) is 12.4. The summed E-state index contributed by atoms with van der Waals surface area (Å²) in [6.07, 6.45) is 3.21. The number of benzene rings is 1. The Morgan fingerprint density at radius 1 is 1.46 bits per heavy atom. The molecule has 26 heavy (non-hydrogen) atoms. The number of hydrogen-bond acceptors (Lipinski definition) is 5. The van der Waals surface area contributed by atoms with Crippen LogP contribution in [0.15, 0.2) is 22.1 Å². The molecule has 1 saturated carbocycles. The fraction of sp³-hybridized carbons (Fsp3) is 0.474. The number of aryl methyl sites for hydroxylation is 1. The summed E-state index contributed by atoms with van der Waals surface area (Å²) in [6, 6.07) is 3.30. The van der Waals surface area contributed by atoms with Crippen molar-refractivity contribution < 1.29 is 14.3 Å². The number of fused-ring (bicyclic) bond motifs is 2. The molecule has 1 aromatic carbocycles. The van der Waals surface area contributed by atoms with Gasteiger partial charge in [-0.3, -0.25) is 14.6 Å². The van der Waals surface area contributed by atoms with Crippen LogP contribution < -0.4 is 15.8 Å². The van der Waals surface area contributed by atoms with Crippen molar-refractivity contribution >= 4 is 23.7 Å². The predicted molar refractivity (Wildman–Crippen MR) is 97.8 cm³/mol. The van der Waals surface area contributed by atoms with Crippen molar-refractivity contribution in [2.45, 2.75) is 50.7 Å². The predicted octanol–water partition coefficient (Wildman–Crippen LogP) is 0.999. The molecule has 2 atom stereocenters. The van der Waals surface area contributed by atoms with Gasteiger partial charge in [0, 0.05) is 16.5 Å². The first-order valence-electron chi connectivity index (χ1n) is 8.94. The third kappa shape index (κ3) is 2.63. The van der Waals surface area contributed by atoms with Gasteiger partial charge in [-0.05, 0) is 31.7 Å². The standard InChI is InChI=1S/C19H22N4O3/c1-3-12(20)17(24)23-16-18(25)22-13(8-21-16)11-5-4-10(2)15-14(11)19(6-7-19)9-26-15/h4-5,8,12,16H,3,6-7,9,20H2,1-2H3,(H,23,24). The van der Waals surface area contributed by atoms with Crippen molar-refractivity contribution in [3.8, 4) is 5.75 Å². The molecular formula is C19H22N4O3. The SMILES string of the molecule is CCC(N)C(=O)NC1N=CC(c2ccc(C)c3c2C2(CC2)CO3)=NC1=O. The van der Waals surface area contributed by atoms with Crippen LogP contribution >= 0.6 is 0 Å². The molecule has 1 aliphatic carbocycles. The van der Waals surface area contributed by atoms with Crippen LogP contribution in [0.1, 0.15) is 42.9 Å². The van der Waals surface area contributed by atoms with E-state index >= 15 is 0 Å². The normalized spacial score (nSPS) is 23.3. The molecular weight excluding hydrogens is 332 g/mol. The van der Waals surface area contributed by atoms with Gasteiger partial charge < -0.3 is 15.8 Å². The Labute approximate surface area is 151 Å². The summed E-state index contributed by atoms with van der Waals surface area (Å²) in [4.78, 5) is 32.7. The van der Waals surface area contributed by atoms with Gasteiger partial charge in [-0.2, -0.15) is 0 Å². The highest BCUT2D eigenvalue weighted by molar-refractivity contribution is 6.42. The smallest absolute Gasteiger partial charge is 0.291 e. The van der Waals surface area contributed by atoms with Crippen molar-refractivity contribution in [1.29, 1.82) is 0 Å². The minimum Gasteiger partial charge on any atom is -0.492 e. The lowest BCUT2D eigenvalue weighted by Crippen LogP contribution is -2.48. The van der Waals surface area contributed by atoms with E-state index in [1.807, 2.05) is 19.1 Å². The number of amides is 2. The maximum atomic E-state index is 12.4. The van der Waals surface area contributed by atoms with Crippen LogP contribution in [-0.2, 0) is 15.0 Å². The lowest BCUT2D eigenvalue weighted by atomic mass is 9.89. The van der Waals surface area contributed by atoms with Crippen LogP contribution in [0, 0.1) is 6.92 Å². The summed E-state index contributed by atoms with van der Waals surface area (Å²) < 4.78 is 5.92. The summed E-state index contributed by atoms with van der Waals surface area (Å²) >= 11 is 0. The second kappa shape index (κ2) is 6.02. The highest BCUT2D eigenvalue weighted by Gasteiger charge is 2.52. The maximum Gasteiger partial charge on any atom is 0.291 e. The molecule has 1 fully saturated rings. The summed E-state index contributed by atoms with van der Waals surface area (Å²) in [5.74, 6) is 0.0216. The number of aliphatic imine (C=N–C) groups is 2. The van der Waals surface area contributed by atoms with Crippen LogP contribution in [-0.4, -0.2) is 42.6 Å². The zero-order valence-corrected chi connectivity index (χ0v) is 14.9. The zero-order chi connectivity index (χ0) is 18.5. The quantitative estimate of drug-likeness (QED) is 0.841. The molecule has 7 heteroatoms. The van der Waals surface area contributed by atoms with Crippen LogP contribution in [0.3, 0.4) is 0 Å². The van der Waals surface area contributed by atoms with E-state index in [4.69, 9.17) is 10.5 Å². The summed E-state index contributed by atoms with van der Waals surface area (Å²) in [7, 11) is 0. The molecule has 2 aliphatic heterocycles. The van der Waals surface area contributed by atoms with Crippen molar-refractivity contribution in [2.75, 3.05) is 6.61 Å². The van der Waals surface area contributed by atoms with Crippen LogP contribution in [0.5, 0.6) is 5.75 Å². The Kier molecular flexibility index (Phi) is 3.91. The molecule has 3 N–H and O–H groups in total. The number of nitrogens with two attached hydrogens (primary N) is 1. The molecule has 0 aromatic heterocycles. The van der Waals surface area contributed by atoms with Gasteiger partial charge in [0.25, 0.3) is 5.91 Å². The van der Waals surface area contributed by atoms with E-state index in [2.05, 4.69) is 15.3 Å². The number of nitrogens with zero attached hydrogens (tertiary/aromatic N) is 2. The molecule has 1 spiro atoms. The minimum atomic E-state index is -1.01. The van der Waals surface area contributed by atoms with Gasteiger partial charge in [-0.15, -0.1) is 0 Å². The van der Waals surface area contributed by atoms with Gasteiger partial charge in [0.2, 0.25) is 12.1 Å². The molecule has 0 bridgehead atoms. The van der Waals surface area contributed by atoms with Crippen LogP contribution in [0.4, 0.5) is 0 Å². The lowest BCUT2D eigenvalue weighted by molar-refractivity contribution is -0.127. The van der Waals surface area contributed by atoms with E-state index in [1.165, 1.54) is 0 Å². The monoisotopic (exact) mass is 354 g/mol. The average molecular weight is 354 g/mol. The molecule has 0 radical (unpaired) electrons. The van der Waals surface area contributed by atoms with Gasteiger partial charge in [0.05, 0.1) is 24.6 Å². The van der Waals surface area contributed by atoms with E-state index in [9.17, 15) is 9.59 Å². The Morgan fingerprint density at radius 3 is 2.88 bits per heavy atom. The van der Waals surface area contributed by atoms with Crippen LogP contribution in [0.2, 0.25) is 0 Å². The van der Waals surface area contributed by atoms with Gasteiger partial charge in [0.15, 0.2) is 0 Å². The average Bonchev–Trinajstić information content (AvgIpc) is 3.31. The van der Waals surface area contributed by atoms with Gasteiger partial charge in [-0.25, -0.2) is 4.99 Å². The second-order valence-corrected chi connectivity index (χ2v) is 7.24. The molecule has 7 nitrogen and oxygen atoms in total. The van der Waals surface area contributed by atoms with E-state index in [1.54, 1.807) is 13.1 Å². The molecule has 4 rings (SSSR count). The minimum absolute atomic E-state index is 0.0645. The fourth-order valence-corrected chi connectivity index (χ4v) is 3.51. The first-order valence-corrected chi connectivity index (χ1v) is 8.94. The third-order valence-corrected chi connectivity index (χ3v) is 5.37. The molecule has 3 aliphatic rings. The van der Waals surface area contributed by atoms with Gasteiger partial charge >= 0.3 is 0 Å². The molecule has 0 saturated heterocycles. The molecule has 2 amide bonds. The number of hydrogen-bond donors (Lipinski definition) is 2. The number of carbonyl (C=O) groups is 2. The Morgan fingerprint density at radius 2 is 2.23 bits per heavy atom. The molecule has 136 valence electrons. The maximum absolute atomic E-state index is 12.4. The topological polar surface area (TPSA) is 106 Å². The third-order valence-electron chi connectivity index (χ3n) is 5.37. The van der Waals surface area contributed by atoms with Crippen molar-refractivity contribution in [3.05, 3.63) is 28.8 Å². The number of rotatable bonds is 4. The molecule has 2 unspecified atom stereocenters. The number of carbonyl (C=O) groups excluding carboxylic acids is 2. The van der Waals surface area contributed by atoms with Crippen molar-refractivity contribution in [1.82, 2.24) is 5.32 Å². The molecule has 2 heterocycles. The number of ether oxygens (including phenoxy) is 1. The molecule has 1 aromatic rings. The Bertz CT molecular complexity index is 855. The van der Waals surface area contributed by atoms with Gasteiger partial charge in [0.1, 0.15) is 5.75 Å². The van der Waals surface area contributed by atoms with E-state index in [0.29, 0.717) is 18.7 Å². The first kappa shape index (κ1) is 16.9. The Hall–Kier alpha value is -2.54. The largest absolute Gasteiger partial charge is 0.492 e. The second-order valence-electron chi connectivity index (χ2n) is 7.24. The number of nitrogens with one attached hydrogen (secondary N) is 1. The zero-order valence-electron chi connectivity index (χ0n) is 14.9. The lowest BCUT2D eigenvalue weighted by Gasteiger charge is -2.19. The van der Waals surface area contributed by atoms with Crippen molar-refractivity contribution in [2.24, 2.45) is 15.7 Å². The van der Waals surface area contributed by atoms with E-state index in [0.717, 1.165) is 35.3 Å². The van der Waals surface area contributed by atoms with E-state index in [-0.39, 0.29) is 5.41 Å². The van der Waals surface area contributed by atoms with E-state index < -0.39 is 24.0 Å².